The molecule has 0 fully saturated rings. The fraction of sp³-hybridized carbons (Fsp3) is 0.231. The monoisotopic (exact) mass is 228 g/mol. The maximum Gasteiger partial charge on any atom is 0.355 e. The van der Waals surface area contributed by atoms with Crippen LogP contribution in [0.15, 0.2) is 12.1 Å². The van der Waals surface area contributed by atoms with Crippen molar-refractivity contribution in [1.82, 2.24) is 4.98 Å². The van der Waals surface area contributed by atoms with E-state index < -0.39 is 5.97 Å². The van der Waals surface area contributed by atoms with Crippen LogP contribution < -0.4 is 0 Å². The van der Waals surface area contributed by atoms with Crippen LogP contribution in [0.2, 0.25) is 0 Å². The number of benzene rings is 1. The molecule has 0 radical (unpaired) electrons. The summed E-state index contributed by atoms with van der Waals surface area (Å²) < 4.78 is 4.67. The average molecular weight is 228 g/mol. The highest BCUT2D eigenvalue weighted by Crippen LogP contribution is 2.27. The number of nitrogens with one attached hydrogen (secondary N) is 1. The molecule has 2 aromatic rings. The number of aromatic amines is 1. The van der Waals surface area contributed by atoms with Crippen LogP contribution in [0.25, 0.3) is 10.9 Å². The number of methoxy groups -OCH3 is 1. The molecule has 0 bridgehead atoms. The second-order valence-corrected chi connectivity index (χ2v) is 3.93. The quantitative estimate of drug-likeness (QED) is 0.762. The van der Waals surface area contributed by atoms with Crippen molar-refractivity contribution in [2.24, 2.45) is 0 Å². The van der Waals surface area contributed by atoms with Crippen molar-refractivity contribution in [3.8, 4) is 6.07 Å². The molecule has 86 valence electrons. The second-order valence-electron chi connectivity index (χ2n) is 3.93. The zero-order valence-electron chi connectivity index (χ0n) is 9.92. The van der Waals surface area contributed by atoms with Gasteiger partial charge < -0.3 is 9.72 Å². The van der Waals surface area contributed by atoms with Crippen LogP contribution >= 0.6 is 0 Å². The van der Waals surface area contributed by atoms with Crippen LogP contribution in [-0.2, 0) is 4.74 Å². The van der Waals surface area contributed by atoms with E-state index in [1.165, 1.54) is 7.11 Å². The minimum absolute atomic E-state index is 0.224. The first-order valence-electron chi connectivity index (χ1n) is 5.20. The van der Waals surface area contributed by atoms with Gasteiger partial charge in [-0.3, -0.25) is 0 Å². The van der Waals surface area contributed by atoms with Gasteiger partial charge in [-0.1, -0.05) is 12.1 Å². The molecule has 0 unspecified atom stereocenters. The minimum atomic E-state index is -0.517. The number of H-pyrrole nitrogens is 1. The number of ether oxygens (including phenoxy) is 1. The number of aromatic nitrogens is 1. The Morgan fingerprint density at radius 3 is 2.59 bits per heavy atom. The molecule has 0 saturated heterocycles. The van der Waals surface area contributed by atoms with Crippen LogP contribution in [0.4, 0.5) is 0 Å². The first-order chi connectivity index (χ1) is 8.10. The Labute approximate surface area is 98.8 Å². The van der Waals surface area contributed by atoms with Crippen molar-refractivity contribution in [3.63, 3.8) is 0 Å². The van der Waals surface area contributed by atoms with Crippen molar-refractivity contribution in [2.75, 3.05) is 7.11 Å². The number of nitrogens with zero attached hydrogens (tertiary/aromatic N) is 1. The number of carbonyl (C=O) groups excluding carboxylic acids is 1. The molecule has 1 heterocycles. The number of aryl methyl sites for hydroxylation is 2. The summed E-state index contributed by atoms with van der Waals surface area (Å²) in [5, 5.41) is 9.99. The molecule has 1 aromatic carbocycles. The van der Waals surface area contributed by atoms with Crippen molar-refractivity contribution >= 4 is 16.9 Å². The third-order valence-corrected chi connectivity index (χ3v) is 2.87. The summed E-state index contributed by atoms with van der Waals surface area (Å²) in [6.45, 7) is 3.85. The van der Waals surface area contributed by atoms with Crippen LogP contribution in [-0.4, -0.2) is 18.1 Å². The average Bonchev–Trinajstić information content (AvgIpc) is 2.73. The zero-order valence-corrected chi connectivity index (χ0v) is 9.92. The van der Waals surface area contributed by atoms with E-state index in [1.807, 2.05) is 26.0 Å². The summed E-state index contributed by atoms with van der Waals surface area (Å²) in [6.07, 6.45) is 0. The van der Waals surface area contributed by atoms with Crippen LogP contribution in [0.1, 0.15) is 27.2 Å². The summed E-state index contributed by atoms with van der Waals surface area (Å²) in [7, 11) is 1.30. The standard InChI is InChI=1S/C13H12N2O2/c1-7-4-5-8(2)11-10(7)9(6-14)12(15-11)13(16)17-3/h4-5,15H,1-3H3. The largest absolute Gasteiger partial charge is 0.464 e. The molecule has 1 N–H and O–H groups in total. The smallest absolute Gasteiger partial charge is 0.355 e. The Kier molecular flexibility index (Phi) is 2.60. The Morgan fingerprint density at radius 1 is 1.35 bits per heavy atom. The van der Waals surface area contributed by atoms with Crippen LogP contribution in [0.5, 0.6) is 0 Å². The first-order valence-corrected chi connectivity index (χ1v) is 5.20. The van der Waals surface area contributed by atoms with Crippen molar-refractivity contribution in [1.29, 1.82) is 5.26 Å². The highest BCUT2D eigenvalue weighted by molar-refractivity contribution is 6.02. The van der Waals surface area contributed by atoms with Gasteiger partial charge in [-0.2, -0.15) is 5.26 Å². The van der Waals surface area contributed by atoms with Gasteiger partial charge in [-0.05, 0) is 25.0 Å². The predicted molar refractivity (Wildman–Crippen MR) is 63.8 cm³/mol. The Balaban J connectivity index is 2.90. The third kappa shape index (κ3) is 1.56. The molecule has 1 aromatic heterocycles. The van der Waals surface area contributed by atoms with E-state index >= 15 is 0 Å². The van der Waals surface area contributed by atoms with E-state index in [0.29, 0.717) is 5.56 Å². The number of fused-ring (bicyclic) bond motifs is 1. The Hall–Kier alpha value is -2.28. The minimum Gasteiger partial charge on any atom is -0.464 e. The SMILES string of the molecule is COC(=O)c1[nH]c2c(C)ccc(C)c2c1C#N. The summed E-state index contributed by atoms with van der Waals surface area (Å²) in [5.41, 5.74) is 3.36. The number of hydrogen-bond acceptors (Lipinski definition) is 3. The lowest BCUT2D eigenvalue weighted by molar-refractivity contribution is 0.0595. The van der Waals surface area contributed by atoms with E-state index in [2.05, 4.69) is 15.8 Å². The van der Waals surface area contributed by atoms with Crippen molar-refractivity contribution < 1.29 is 9.53 Å². The molecule has 4 heteroatoms. The first kappa shape index (κ1) is 11.2. The second kappa shape index (κ2) is 3.95. The molecule has 0 aliphatic carbocycles. The van der Waals surface area contributed by atoms with Gasteiger partial charge in [0, 0.05) is 5.39 Å². The summed E-state index contributed by atoms with van der Waals surface area (Å²) in [5.74, 6) is -0.517. The summed E-state index contributed by atoms with van der Waals surface area (Å²) in [6, 6.07) is 5.96. The van der Waals surface area contributed by atoms with Gasteiger partial charge in [0.25, 0.3) is 0 Å². The number of carbonyl (C=O) groups is 1. The number of rotatable bonds is 1. The predicted octanol–water partition coefficient (Wildman–Crippen LogP) is 2.44. The lowest BCUT2D eigenvalue weighted by Crippen LogP contribution is -2.03. The molecule has 4 nitrogen and oxygen atoms in total. The van der Waals surface area contributed by atoms with Crippen LogP contribution in [0.3, 0.4) is 0 Å². The zero-order chi connectivity index (χ0) is 12.6. The lowest BCUT2D eigenvalue weighted by Gasteiger charge is -1.99. The number of hydrogen-bond donors (Lipinski definition) is 1. The van der Waals surface area contributed by atoms with Crippen LogP contribution in [0, 0.1) is 25.2 Å². The molecule has 17 heavy (non-hydrogen) atoms. The molecular weight excluding hydrogens is 216 g/mol. The summed E-state index contributed by atoms with van der Waals surface area (Å²) in [4.78, 5) is 14.6. The molecular formula is C13H12N2O2. The van der Waals surface area contributed by atoms with E-state index in [4.69, 9.17) is 0 Å². The van der Waals surface area contributed by atoms with Crippen molar-refractivity contribution in [2.45, 2.75) is 13.8 Å². The van der Waals surface area contributed by atoms with Gasteiger partial charge in [0.15, 0.2) is 0 Å². The maximum atomic E-state index is 11.6. The van der Waals surface area contributed by atoms with E-state index in [1.54, 1.807) is 0 Å². The summed E-state index contributed by atoms with van der Waals surface area (Å²) >= 11 is 0. The van der Waals surface area contributed by atoms with Gasteiger partial charge in [0.05, 0.1) is 18.2 Å². The molecule has 0 atom stereocenters. The maximum absolute atomic E-state index is 11.6. The Morgan fingerprint density at radius 2 is 2.00 bits per heavy atom. The normalized spacial score (nSPS) is 10.2. The highest BCUT2D eigenvalue weighted by Gasteiger charge is 2.20. The van der Waals surface area contributed by atoms with Gasteiger partial charge in [0.1, 0.15) is 11.8 Å². The van der Waals surface area contributed by atoms with Gasteiger partial charge >= 0.3 is 5.97 Å². The van der Waals surface area contributed by atoms with Gasteiger partial charge in [0.2, 0.25) is 0 Å². The van der Waals surface area contributed by atoms with Gasteiger partial charge in [-0.15, -0.1) is 0 Å². The molecule has 0 amide bonds. The fourth-order valence-electron chi connectivity index (χ4n) is 1.97. The number of nitriles is 1. The molecule has 2 rings (SSSR count). The topological polar surface area (TPSA) is 65.9 Å². The molecule has 0 saturated carbocycles. The van der Waals surface area contributed by atoms with E-state index in [-0.39, 0.29) is 5.69 Å². The van der Waals surface area contributed by atoms with Crippen molar-refractivity contribution in [3.05, 3.63) is 34.5 Å². The Bertz CT molecular complexity index is 647. The fourth-order valence-corrected chi connectivity index (χ4v) is 1.97. The van der Waals surface area contributed by atoms with Gasteiger partial charge in [-0.25, -0.2) is 4.79 Å². The third-order valence-electron chi connectivity index (χ3n) is 2.87. The molecule has 0 aliphatic heterocycles. The van der Waals surface area contributed by atoms with E-state index in [0.717, 1.165) is 22.0 Å². The van der Waals surface area contributed by atoms with E-state index in [9.17, 15) is 10.1 Å². The molecule has 0 spiro atoms. The lowest BCUT2D eigenvalue weighted by atomic mass is 10.0. The molecule has 0 aliphatic rings. The highest BCUT2D eigenvalue weighted by atomic mass is 16.5. The number of esters is 1.